The molecule has 0 spiro atoms. The maximum Gasteiger partial charge on any atom is 2.00 e. The third-order valence-corrected chi connectivity index (χ3v) is 1.96. The van der Waals surface area contributed by atoms with Gasteiger partial charge in [0.15, 0.2) is 0 Å². The fourth-order valence-corrected chi connectivity index (χ4v) is 0.852. The molecule has 0 aromatic heterocycles. The van der Waals surface area contributed by atoms with Crippen LogP contribution in [0.2, 0.25) is 0 Å². The smallest absolute Gasteiger partial charge is 0.563 e. The quantitative estimate of drug-likeness (QED) is 0.422. The van der Waals surface area contributed by atoms with Gasteiger partial charge in [-0.2, -0.15) is 0 Å². The Labute approximate surface area is 115 Å². The van der Waals surface area contributed by atoms with Crippen LogP contribution >= 0.6 is 16.5 Å². The molecule has 0 rings (SSSR count). The van der Waals surface area contributed by atoms with E-state index in [1.54, 1.807) is 0 Å². The summed E-state index contributed by atoms with van der Waals surface area (Å²) in [6.07, 6.45) is 3.33. The Morgan fingerprint density at radius 3 is 1.71 bits per heavy atom. The first-order chi connectivity index (χ1) is 6.04. The standard InChI is InChI=1S/C5H12O.Ca.O5P2/c1-2-3-4-5-6;;1-6(2)5-7(3)4/h6H,2-5H2,1H3;;/q;+2;. The summed E-state index contributed by atoms with van der Waals surface area (Å²) >= 11 is 0. The first-order valence-corrected chi connectivity index (χ1v) is 5.81. The second-order valence-electron chi connectivity index (χ2n) is 1.96. The van der Waals surface area contributed by atoms with Crippen molar-refractivity contribution < 1.29 is 28.3 Å². The average molecular weight is 270 g/mol. The van der Waals surface area contributed by atoms with Gasteiger partial charge in [0.1, 0.15) is 4.31 Å². The summed E-state index contributed by atoms with van der Waals surface area (Å²) in [5, 5.41) is 8.20. The molecule has 0 aliphatic heterocycles. The van der Waals surface area contributed by atoms with Crippen molar-refractivity contribution in [3.8, 4) is 0 Å². The molecule has 9 heteroatoms. The van der Waals surface area contributed by atoms with E-state index in [4.69, 9.17) is 5.11 Å². The van der Waals surface area contributed by atoms with Crippen molar-refractivity contribution in [3.63, 3.8) is 0 Å². The first-order valence-electron chi connectivity index (χ1n) is 3.62. The molecule has 0 aromatic carbocycles. The van der Waals surface area contributed by atoms with Gasteiger partial charge in [-0.3, -0.25) is 0 Å². The molecule has 1 N–H and O–H groups in total. The van der Waals surface area contributed by atoms with Crippen LogP contribution in [-0.2, 0) is 13.4 Å². The summed E-state index contributed by atoms with van der Waals surface area (Å²) in [5.74, 6) is 0. The number of aliphatic hydroxyl groups excluding tert-OH is 1. The fraction of sp³-hybridized carbons (Fsp3) is 1.00. The minimum Gasteiger partial charge on any atom is -0.563 e. The summed E-state index contributed by atoms with van der Waals surface area (Å²) in [6.45, 7) is 2.48. The average Bonchev–Trinajstić information content (AvgIpc) is 1.99. The van der Waals surface area contributed by atoms with Gasteiger partial charge in [-0.1, -0.05) is 19.8 Å². The third-order valence-electron chi connectivity index (χ3n) is 0.895. The van der Waals surface area contributed by atoms with E-state index in [1.807, 2.05) is 0 Å². The van der Waals surface area contributed by atoms with Gasteiger partial charge in [0, 0.05) is 6.61 Å². The number of hydrogen-bond acceptors (Lipinski definition) is 6. The second kappa shape index (κ2) is 16.7. The minimum atomic E-state index is -3.24. The summed E-state index contributed by atoms with van der Waals surface area (Å²) in [6, 6.07) is 0. The molecule has 0 aromatic rings. The van der Waals surface area contributed by atoms with E-state index < -0.39 is 16.5 Å². The zero-order valence-corrected chi connectivity index (χ0v) is 11.9. The minimum absolute atomic E-state index is 0. The second-order valence-corrected chi connectivity index (χ2v) is 3.51. The van der Waals surface area contributed by atoms with Crippen molar-refractivity contribution in [2.75, 3.05) is 6.61 Å². The van der Waals surface area contributed by atoms with E-state index >= 15 is 0 Å². The van der Waals surface area contributed by atoms with Crippen molar-refractivity contribution in [2.45, 2.75) is 26.2 Å². The Balaban J connectivity index is -0.000000163. The molecular weight excluding hydrogens is 258 g/mol. The molecule has 78 valence electrons. The first kappa shape index (κ1) is 20.7. The van der Waals surface area contributed by atoms with Crippen LogP contribution < -0.4 is 9.79 Å². The molecule has 0 amide bonds. The van der Waals surface area contributed by atoms with Crippen LogP contribution in [-0.4, -0.2) is 49.5 Å². The molecule has 0 bridgehead atoms. The topological polar surface area (TPSA) is 110 Å². The number of aliphatic hydroxyl groups is 1. The molecule has 0 saturated heterocycles. The Morgan fingerprint density at radius 1 is 1.21 bits per heavy atom. The van der Waals surface area contributed by atoms with Crippen LogP contribution in [0.5, 0.6) is 0 Å². The zero-order valence-electron chi connectivity index (χ0n) is 7.92. The summed E-state index contributed by atoms with van der Waals surface area (Å²) in [5.41, 5.74) is 0. The predicted molar refractivity (Wildman–Crippen MR) is 48.7 cm³/mol. The molecule has 2 atom stereocenters. The van der Waals surface area contributed by atoms with Crippen molar-refractivity contribution in [3.05, 3.63) is 0 Å². The molecule has 0 radical (unpaired) electrons. The van der Waals surface area contributed by atoms with Crippen LogP contribution in [0.1, 0.15) is 26.2 Å². The Hall–Kier alpha value is 1.30. The summed E-state index contributed by atoms with van der Waals surface area (Å²) in [4.78, 5) is 18.5. The molecular formula is C5H12CaO6P2+2. The monoisotopic (exact) mass is 270 g/mol. The van der Waals surface area contributed by atoms with Gasteiger partial charge < -0.3 is 14.9 Å². The number of hydrogen-bond donors (Lipinski definition) is 1. The van der Waals surface area contributed by atoms with Gasteiger partial charge in [0.2, 0.25) is 0 Å². The molecule has 6 nitrogen and oxygen atoms in total. The summed E-state index contributed by atoms with van der Waals surface area (Å²) in [7, 11) is -6.47. The number of rotatable bonds is 5. The fourth-order valence-electron chi connectivity index (χ4n) is 0.416. The van der Waals surface area contributed by atoms with Gasteiger partial charge in [-0.15, -0.1) is 0 Å². The van der Waals surface area contributed by atoms with Crippen molar-refractivity contribution >= 4 is 54.2 Å². The molecule has 14 heavy (non-hydrogen) atoms. The Kier molecular flexibility index (Phi) is 24.7. The van der Waals surface area contributed by atoms with E-state index in [0.717, 1.165) is 12.8 Å². The number of unbranched alkanes of at least 4 members (excludes halogenated alkanes) is 2. The van der Waals surface area contributed by atoms with Crippen LogP contribution in [0.4, 0.5) is 0 Å². The van der Waals surface area contributed by atoms with Crippen LogP contribution in [0.3, 0.4) is 0 Å². The van der Waals surface area contributed by atoms with Gasteiger partial charge in [-0.25, -0.2) is 0 Å². The van der Waals surface area contributed by atoms with E-state index in [0.29, 0.717) is 6.61 Å². The third kappa shape index (κ3) is 29.2. The molecule has 0 heterocycles. The predicted octanol–water partition coefficient (Wildman–Crippen LogP) is -0.174. The summed E-state index contributed by atoms with van der Waals surface area (Å²) < 4.78 is 21.6. The SMILES string of the molecule is CCCCCO.O=[P+]([O-])O[P+](=O)[O-].[Ca+2]. The van der Waals surface area contributed by atoms with Crippen molar-refractivity contribution in [1.82, 2.24) is 0 Å². The Morgan fingerprint density at radius 2 is 1.64 bits per heavy atom. The van der Waals surface area contributed by atoms with Gasteiger partial charge in [0.05, 0.1) is 0 Å². The van der Waals surface area contributed by atoms with E-state index in [9.17, 15) is 18.9 Å². The molecule has 0 aliphatic rings. The van der Waals surface area contributed by atoms with E-state index in [2.05, 4.69) is 11.2 Å². The van der Waals surface area contributed by atoms with Gasteiger partial charge in [-0.05, 0) is 15.6 Å². The molecule has 2 unspecified atom stereocenters. The Bertz CT molecular complexity index is 139. The van der Waals surface area contributed by atoms with Crippen molar-refractivity contribution in [1.29, 1.82) is 0 Å². The maximum atomic E-state index is 9.24. The van der Waals surface area contributed by atoms with Crippen LogP contribution in [0.15, 0.2) is 0 Å². The molecule has 0 fully saturated rings. The van der Waals surface area contributed by atoms with Crippen LogP contribution in [0.25, 0.3) is 0 Å². The van der Waals surface area contributed by atoms with Crippen LogP contribution in [0, 0.1) is 0 Å². The van der Waals surface area contributed by atoms with Gasteiger partial charge in [0.25, 0.3) is 0 Å². The largest absolute Gasteiger partial charge is 2.00 e. The van der Waals surface area contributed by atoms with Crippen molar-refractivity contribution in [2.24, 2.45) is 0 Å². The normalized spacial score (nSPS) is 10.6. The van der Waals surface area contributed by atoms with Gasteiger partial charge >= 0.3 is 54.2 Å². The molecule has 0 saturated carbocycles. The van der Waals surface area contributed by atoms with E-state index in [-0.39, 0.29) is 37.7 Å². The van der Waals surface area contributed by atoms with E-state index in [1.165, 1.54) is 6.42 Å². The maximum absolute atomic E-state index is 9.24. The zero-order chi connectivity index (χ0) is 10.7. The molecule has 0 aliphatic carbocycles.